The van der Waals surface area contributed by atoms with Crippen molar-refractivity contribution in [2.24, 2.45) is 35.5 Å². The Balaban J connectivity index is 0.666. The first kappa shape index (κ1) is 54.4. The molecule has 3 spiro atoms. The molecule has 32 atom stereocenters. The normalized spacial score (nSPS) is 58.7. The predicted molar refractivity (Wildman–Crippen MR) is 274 cm³/mol. The van der Waals surface area contributed by atoms with Gasteiger partial charge in [-0.05, 0) is 92.1 Å². The largest absolute Gasteiger partial charge is 0.481 e. The molecule has 12 bridgehead atoms. The number of carboxylic acid groups (broad SMARTS) is 1. The summed E-state index contributed by atoms with van der Waals surface area (Å²) >= 11 is 0. The smallest absolute Gasteiger partial charge is 0.308 e. The Morgan fingerprint density at radius 1 is 0.575 bits per heavy atom. The van der Waals surface area contributed by atoms with Crippen molar-refractivity contribution in [3.63, 3.8) is 0 Å². The number of carbonyl (C=O) groups is 2. The van der Waals surface area contributed by atoms with Crippen LogP contribution in [0.25, 0.3) is 0 Å². The van der Waals surface area contributed by atoms with Gasteiger partial charge in [0.15, 0.2) is 17.7 Å². The van der Waals surface area contributed by atoms with Crippen LogP contribution in [0.4, 0.5) is 0 Å². The minimum absolute atomic E-state index is 0.0364. The summed E-state index contributed by atoms with van der Waals surface area (Å²) in [6.07, 6.45) is -2.41. The molecule has 444 valence electrons. The SMILES string of the molecule is C=C1C[C@@H]2CC[C@]34OC5[C@@H]6O[C@H]7CC[C@H](CC(=O)O[C@@H]8[C@@H](C)[C@@H]9O[C@@H]%10C[C@@]%11(C[C@@H]%12O[C@]%13(C[C@H](C)[C@@H]%14C[C@H](CC(=O)O)[C@H](O)C[C@@H]%14O%13)C[C@H](C)[C@@H]%12O%11)O[C@@H]%10C[C@@H]9O[C@H]8C[C@H]8O[C@@H](CC[C@@H]1O2)C[C@@H](C)C8=C)O[C@@H]7[C@H](O3)[C@@H]6OC5(O)[C@H]4O. The van der Waals surface area contributed by atoms with Crippen LogP contribution in [0.15, 0.2) is 24.3 Å². The molecule has 16 aliphatic rings. The van der Waals surface area contributed by atoms with Crippen molar-refractivity contribution in [3.05, 3.63) is 24.3 Å². The first-order valence-electron chi connectivity index (χ1n) is 30.8. The zero-order chi connectivity index (χ0) is 55.1. The number of rotatable bonds is 2. The van der Waals surface area contributed by atoms with Crippen molar-refractivity contribution in [3.8, 4) is 0 Å². The maximum absolute atomic E-state index is 14.6. The van der Waals surface area contributed by atoms with Gasteiger partial charge in [-0.25, -0.2) is 0 Å². The van der Waals surface area contributed by atoms with Gasteiger partial charge in [-0.2, -0.15) is 0 Å². The van der Waals surface area contributed by atoms with Gasteiger partial charge in [0.2, 0.25) is 11.6 Å². The molecule has 15 heterocycles. The molecule has 1 saturated carbocycles. The third-order valence-electron chi connectivity index (χ3n) is 22.5. The molecule has 16 fully saturated rings. The van der Waals surface area contributed by atoms with Gasteiger partial charge in [0, 0.05) is 57.3 Å². The van der Waals surface area contributed by atoms with Crippen LogP contribution in [-0.4, -0.2) is 190 Å². The summed E-state index contributed by atoms with van der Waals surface area (Å²) in [5, 5.41) is 44.4. The Labute approximate surface area is 467 Å². The summed E-state index contributed by atoms with van der Waals surface area (Å²) in [7, 11) is 0. The summed E-state index contributed by atoms with van der Waals surface area (Å²) in [5.74, 6) is -6.70. The van der Waals surface area contributed by atoms with Crippen molar-refractivity contribution in [2.45, 2.75) is 301 Å². The van der Waals surface area contributed by atoms with Gasteiger partial charge in [-0.3, -0.25) is 9.59 Å². The number of carbonyl (C=O) groups excluding carboxylic acids is 1. The molecule has 15 saturated heterocycles. The minimum Gasteiger partial charge on any atom is -0.481 e. The highest BCUT2D eigenvalue weighted by Gasteiger charge is 2.79. The quantitative estimate of drug-likeness (QED) is 0.214. The Morgan fingerprint density at radius 3 is 2.12 bits per heavy atom. The molecule has 2 unspecified atom stereocenters. The Hall–Kier alpha value is -2.22. The van der Waals surface area contributed by atoms with Gasteiger partial charge in [-0.15, -0.1) is 0 Å². The van der Waals surface area contributed by atoms with Gasteiger partial charge in [0.25, 0.3) is 0 Å². The zero-order valence-electron chi connectivity index (χ0n) is 46.6. The molecule has 0 aromatic carbocycles. The maximum atomic E-state index is 14.6. The van der Waals surface area contributed by atoms with Crippen LogP contribution in [0, 0.1) is 35.5 Å². The average Bonchev–Trinajstić information content (AvgIpc) is 4.26. The van der Waals surface area contributed by atoms with Crippen LogP contribution in [-0.2, 0) is 75.9 Å². The number of aliphatic carboxylic acids is 1. The number of carboxylic acids is 1. The molecule has 15 aliphatic heterocycles. The lowest BCUT2D eigenvalue weighted by Gasteiger charge is -2.55. The van der Waals surface area contributed by atoms with E-state index >= 15 is 0 Å². The van der Waals surface area contributed by atoms with E-state index in [1.165, 1.54) is 0 Å². The molecule has 80 heavy (non-hydrogen) atoms. The van der Waals surface area contributed by atoms with Crippen LogP contribution < -0.4 is 0 Å². The Bertz CT molecular complexity index is 2460. The fraction of sp³-hybridized carbons (Fsp3) is 0.900. The van der Waals surface area contributed by atoms with Crippen molar-refractivity contribution >= 4 is 11.9 Å². The van der Waals surface area contributed by atoms with E-state index in [1.54, 1.807) is 0 Å². The van der Waals surface area contributed by atoms with Crippen LogP contribution >= 0.6 is 0 Å². The number of aliphatic hydroxyl groups is 3. The van der Waals surface area contributed by atoms with E-state index in [9.17, 15) is 30.0 Å². The number of fused-ring (bicyclic) bond motifs is 10. The second-order valence-corrected chi connectivity index (χ2v) is 27.8. The van der Waals surface area contributed by atoms with Gasteiger partial charge >= 0.3 is 11.9 Å². The predicted octanol–water partition coefficient (Wildman–Crippen LogP) is 4.82. The van der Waals surface area contributed by atoms with Crippen molar-refractivity contribution in [2.75, 3.05) is 0 Å². The molecular weight excluding hydrogens is 1040 g/mol. The fourth-order valence-corrected chi connectivity index (χ4v) is 18.6. The summed E-state index contributed by atoms with van der Waals surface area (Å²) < 4.78 is 95.8. The second-order valence-electron chi connectivity index (χ2n) is 27.8. The lowest BCUT2D eigenvalue weighted by atomic mass is 9.67. The number of hydrogen-bond acceptors (Lipinski definition) is 19. The van der Waals surface area contributed by atoms with E-state index in [0.29, 0.717) is 83.5 Å². The summed E-state index contributed by atoms with van der Waals surface area (Å²) in [4.78, 5) is 26.2. The first-order chi connectivity index (χ1) is 38.2. The van der Waals surface area contributed by atoms with Crippen molar-refractivity contribution in [1.82, 2.24) is 0 Å². The highest BCUT2D eigenvalue weighted by Crippen LogP contribution is 2.60. The lowest BCUT2D eigenvalue weighted by molar-refractivity contribution is -0.356. The molecular formula is C60H84O20. The first-order valence-corrected chi connectivity index (χ1v) is 30.8. The number of ether oxygens (including phenoxy) is 14. The minimum atomic E-state index is -2.03. The number of esters is 1. The standard InChI is InChI=1S/C60H84O20/c1-25-13-32-7-9-37-26(2)14-34(67-37)11-12-59-56(65)60(66)55(80-59)54-53(79-60)52(78-59)51-38(71-54)10-8-33(69-51)17-47(64)73-50-30(6)49-43(70-42(50)19-39(68-32)29(25)5)20-41-44(72-49)23-58(75-41)24-45-48(77-58)28(4)22-57(76-45)21-27(3)35-15-31(16-46(62)63)36(61)18-40(35)74-57/h25,27-28,30-45,48-56,61,65-66H,2,5,7-24H2,1,3-4,6H3,(H,62,63)/t25-,27+,28+,30+,31-,32+,33-,34+,35+,36-,37+,38+,39-,40+,41-,42+,43+,44-,45+,48+,49+,50-,51+,52+,53+,54-,55?,56+,57-,58-,59-,60?/m1/s1. The molecule has 1 aliphatic carbocycles. The second kappa shape index (κ2) is 19.7. The highest BCUT2D eigenvalue weighted by molar-refractivity contribution is 5.70. The average molecular weight is 1130 g/mol. The van der Waals surface area contributed by atoms with Gasteiger partial charge in [0.1, 0.15) is 36.6 Å². The van der Waals surface area contributed by atoms with E-state index in [0.717, 1.165) is 24.0 Å². The van der Waals surface area contributed by atoms with E-state index in [1.807, 2.05) is 0 Å². The topological polar surface area (TPSA) is 244 Å². The van der Waals surface area contributed by atoms with Crippen molar-refractivity contribution in [1.29, 1.82) is 0 Å². The van der Waals surface area contributed by atoms with Gasteiger partial charge in [-0.1, -0.05) is 40.9 Å². The summed E-state index contributed by atoms with van der Waals surface area (Å²) in [5.41, 5.74) is 2.00. The van der Waals surface area contributed by atoms with Crippen LogP contribution in [0.1, 0.15) is 143 Å². The van der Waals surface area contributed by atoms with Crippen LogP contribution in [0.2, 0.25) is 0 Å². The molecule has 0 radical (unpaired) electrons. The zero-order valence-corrected chi connectivity index (χ0v) is 46.6. The highest BCUT2D eigenvalue weighted by atomic mass is 16.8. The monoisotopic (exact) mass is 1120 g/mol. The van der Waals surface area contributed by atoms with E-state index in [-0.39, 0.29) is 116 Å². The molecule has 0 aromatic heterocycles. The van der Waals surface area contributed by atoms with Crippen molar-refractivity contribution < 1.29 is 96.3 Å². The third-order valence-corrected chi connectivity index (χ3v) is 22.5. The van der Waals surface area contributed by atoms with Gasteiger partial charge in [0.05, 0.1) is 104 Å². The lowest BCUT2D eigenvalue weighted by Crippen LogP contribution is -2.63. The Kier molecular flexibility index (Phi) is 13.4. The molecule has 16 rings (SSSR count). The fourth-order valence-electron chi connectivity index (χ4n) is 18.6. The van der Waals surface area contributed by atoms with E-state index in [2.05, 4.69) is 40.9 Å². The van der Waals surface area contributed by atoms with Crippen LogP contribution in [0.3, 0.4) is 0 Å². The van der Waals surface area contributed by atoms with Crippen LogP contribution in [0.5, 0.6) is 0 Å². The van der Waals surface area contributed by atoms with E-state index < -0.39 is 108 Å². The molecule has 0 amide bonds. The third kappa shape index (κ3) is 8.85. The molecule has 0 aromatic rings. The van der Waals surface area contributed by atoms with Gasteiger partial charge < -0.3 is 86.7 Å². The molecule has 20 heteroatoms. The molecule has 20 nitrogen and oxygen atoms in total. The maximum Gasteiger partial charge on any atom is 0.308 e. The number of hydrogen-bond donors (Lipinski definition) is 4. The summed E-state index contributed by atoms with van der Waals surface area (Å²) in [6, 6.07) is 0. The summed E-state index contributed by atoms with van der Waals surface area (Å²) in [6.45, 7) is 17.7. The number of aliphatic hydroxyl groups excluding tert-OH is 2. The Morgan fingerprint density at radius 2 is 1.29 bits per heavy atom. The molecule has 4 N–H and O–H groups in total. The van der Waals surface area contributed by atoms with E-state index in [4.69, 9.17) is 66.3 Å².